The minimum Gasteiger partial charge on any atom is -0.0885 e. The molecule has 0 aliphatic carbocycles. The molecule has 0 N–H and O–H groups in total. The molecule has 0 rings (SSSR count). The Bertz CT molecular complexity index is 170. The summed E-state index contributed by atoms with van der Waals surface area (Å²) in [6, 6.07) is 0. The third-order valence-electron chi connectivity index (χ3n) is 2.52. The zero-order valence-electron chi connectivity index (χ0n) is 10.9. The first-order valence-corrected chi connectivity index (χ1v) is 6.55. The van der Waals surface area contributed by atoms with Crippen molar-refractivity contribution in [1.82, 2.24) is 0 Å². The number of unbranched alkanes of at least 4 members (excludes halogenated alkanes) is 6. The first-order chi connectivity index (χ1) is 7.27. The van der Waals surface area contributed by atoms with Gasteiger partial charge in [0.1, 0.15) is 0 Å². The number of hydrogen-bond acceptors (Lipinski definition) is 0. The molecule has 0 aromatic rings. The zero-order chi connectivity index (χ0) is 11.4. The second kappa shape index (κ2) is 11.6. The van der Waals surface area contributed by atoms with Crippen molar-refractivity contribution in [3.8, 4) is 0 Å². The molecule has 0 unspecified atom stereocenters. The molecule has 0 fully saturated rings. The summed E-state index contributed by atoms with van der Waals surface area (Å²) in [5.74, 6) is 0. The van der Waals surface area contributed by atoms with Crippen LogP contribution in [-0.4, -0.2) is 0 Å². The van der Waals surface area contributed by atoms with Gasteiger partial charge in [-0.15, -0.1) is 0 Å². The van der Waals surface area contributed by atoms with Crippen molar-refractivity contribution in [2.75, 3.05) is 0 Å². The van der Waals surface area contributed by atoms with Gasteiger partial charge in [-0.2, -0.15) is 0 Å². The lowest BCUT2D eigenvalue weighted by Gasteiger charge is -1.95. The minimum absolute atomic E-state index is 1.24. The van der Waals surface area contributed by atoms with Gasteiger partial charge in [0, 0.05) is 0 Å². The van der Waals surface area contributed by atoms with Gasteiger partial charge in [-0.1, -0.05) is 50.0 Å². The monoisotopic (exact) mass is 208 g/mol. The highest BCUT2D eigenvalue weighted by molar-refractivity contribution is 4.93. The van der Waals surface area contributed by atoms with E-state index in [0.29, 0.717) is 0 Å². The van der Waals surface area contributed by atoms with Crippen LogP contribution < -0.4 is 0 Å². The topological polar surface area (TPSA) is 0 Å². The predicted molar refractivity (Wildman–Crippen MR) is 71.2 cm³/mol. The van der Waals surface area contributed by atoms with Crippen molar-refractivity contribution in [1.29, 1.82) is 0 Å². The molecule has 0 nitrogen and oxygen atoms in total. The van der Waals surface area contributed by atoms with Crippen LogP contribution in [0.3, 0.4) is 0 Å². The van der Waals surface area contributed by atoms with Crippen molar-refractivity contribution in [3.05, 3.63) is 23.8 Å². The largest absolute Gasteiger partial charge is 0.0885 e. The van der Waals surface area contributed by atoms with Gasteiger partial charge in [0.05, 0.1) is 0 Å². The SMILES string of the molecule is CCCCCCC=CCCCC=C(C)C. The van der Waals surface area contributed by atoms with E-state index in [2.05, 4.69) is 39.0 Å². The molecule has 0 saturated heterocycles. The highest BCUT2D eigenvalue weighted by Crippen LogP contribution is 2.05. The Morgan fingerprint density at radius 2 is 1.47 bits per heavy atom. The highest BCUT2D eigenvalue weighted by Gasteiger charge is 1.85. The minimum atomic E-state index is 1.24. The standard InChI is InChI=1S/C15H28/c1-4-5-6-7-8-9-10-11-12-13-14-15(2)3/h9-10,14H,4-8,11-13H2,1-3H3. The Kier molecular flexibility index (Phi) is 11.2. The van der Waals surface area contributed by atoms with E-state index in [1.54, 1.807) is 0 Å². The van der Waals surface area contributed by atoms with Crippen molar-refractivity contribution in [3.63, 3.8) is 0 Å². The van der Waals surface area contributed by atoms with Crippen LogP contribution in [-0.2, 0) is 0 Å². The molecule has 0 spiro atoms. The van der Waals surface area contributed by atoms with Crippen LogP contribution in [0.5, 0.6) is 0 Å². The van der Waals surface area contributed by atoms with Crippen molar-refractivity contribution >= 4 is 0 Å². The van der Waals surface area contributed by atoms with Crippen LogP contribution in [0.1, 0.15) is 72.1 Å². The molecule has 0 aromatic carbocycles. The average molecular weight is 208 g/mol. The fourth-order valence-corrected chi connectivity index (χ4v) is 1.55. The van der Waals surface area contributed by atoms with Gasteiger partial charge >= 0.3 is 0 Å². The van der Waals surface area contributed by atoms with Gasteiger partial charge in [0.2, 0.25) is 0 Å². The third kappa shape index (κ3) is 13.5. The van der Waals surface area contributed by atoms with E-state index >= 15 is 0 Å². The molecule has 0 saturated carbocycles. The molecule has 0 heteroatoms. The maximum absolute atomic E-state index is 2.36. The van der Waals surface area contributed by atoms with E-state index in [4.69, 9.17) is 0 Å². The molecule has 0 aliphatic rings. The quantitative estimate of drug-likeness (QED) is 0.339. The summed E-state index contributed by atoms with van der Waals surface area (Å²) in [5.41, 5.74) is 1.44. The second-order valence-electron chi connectivity index (χ2n) is 4.53. The van der Waals surface area contributed by atoms with Gasteiger partial charge in [0.15, 0.2) is 0 Å². The van der Waals surface area contributed by atoms with E-state index in [1.165, 1.54) is 56.9 Å². The van der Waals surface area contributed by atoms with E-state index in [1.807, 2.05) is 0 Å². The summed E-state index contributed by atoms with van der Waals surface area (Å²) in [6.07, 6.45) is 17.6. The van der Waals surface area contributed by atoms with Crippen LogP contribution >= 0.6 is 0 Å². The fraction of sp³-hybridized carbons (Fsp3) is 0.733. The molecule has 0 aromatic heterocycles. The van der Waals surface area contributed by atoms with Crippen molar-refractivity contribution in [2.24, 2.45) is 0 Å². The Hall–Kier alpha value is -0.520. The Labute approximate surface area is 96.5 Å². The summed E-state index contributed by atoms with van der Waals surface area (Å²) in [7, 11) is 0. The summed E-state index contributed by atoms with van der Waals surface area (Å²) < 4.78 is 0. The average Bonchev–Trinajstić information content (AvgIpc) is 2.20. The van der Waals surface area contributed by atoms with E-state index < -0.39 is 0 Å². The molecule has 0 heterocycles. The third-order valence-corrected chi connectivity index (χ3v) is 2.52. The lowest BCUT2D eigenvalue weighted by molar-refractivity contribution is 0.673. The van der Waals surface area contributed by atoms with Crippen LogP contribution in [0.4, 0.5) is 0 Å². The number of hydrogen-bond donors (Lipinski definition) is 0. The molecule has 0 amide bonds. The lowest BCUT2D eigenvalue weighted by Crippen LogP contribution is -1.74. The first-order valence-electron chi connectivity index (χ1n) is 6.55. The molecule has 0 bridgehead atoms. The molecule has 0 radical (unpaired) electrons. The maximum Gasteiger partial charge on any atom is -0.0345 e. The van der Waals surface area contributed by atoms with E-state index in [0.717, 1.165) is 0 Å². The van der Waals surface area contributed by atoms with Gasteiger partial charge in [-0.05, 0) is 46.0 Å². The van der Waals surface area contributed by atoms with E-state index in [9.17, 15) is 0 Å². The van der Waals surface area contributed by atoms with Crippen LogP contribution in [0.2, 0.25) is 0 Å². The number of allylic oxidation sites excluding steroid dienone is 4. The first kappa shape index (κ1) is 14.5. The normalized spacial score (nSPS) is 10.9. The van der Waals surface area contributed by atoms with Crippen LogP contribution in [0.25, 0.3) is 0 Å². The Balaban J connectivity index is 3.14. The smallest absolute Gasteiger partial charge is 0.0345 e. The molecular weight excluding hydrogens is 180 g/mol. The molecule has 15 heavy (non-hydrogen) atoms. The van der Waals surface area contributed by atoms with Crippen molar-refractivity contribution in [2.45, 2.75) is 72.1 Å². The van der Waals surface area contributed by atoms with Gasteiger partial charge in [-0.25, -0.2) is 0 Å². The Morgan fingerprint density at radius 3 is 2.07 bits per heavy atom. The summed E-state index contributed by atoms with van der Waals surface area (Å²) in [6.45, 7) is 6.60. The van der Waals surface area contributed by atoms with Crippen molar-refractivity contribution < 1.29 is 0 Å². The summed E-state index contributed by atoms with van der Waals surface area (Å²) in [4.78, 5) is 0. The molecular formula is C15H28. The molecule has 0 aliphatic heterocycles. The zero-order valence-corrected chi connectivity index (χ0v) is 10.9. The van der Waals surface area contributed by atoms with Crippen LogP contribution in [0.15, 0.2) is 23.8 Å². The maximum atomic E-state index is 2.36. The summed E-state index contributed by atoms with van der Waals surface area (Å²) in [5, 5.41) is 0. The fourth-order valence-electron chi connectivity index (χ4n) is 1.55. The molecule has 0 atom stereocenters. The number of rotatable bonds is 9. The summed E-state index contributed by atoms with van der Waals surface area (Å²) >= 11 is 0. The van der Waals surface area contributed by atoms with Gasteiger partial charge in [0.25, 0.3) is 0 Å². The Morgan fingerprint density at radius 1 is 0.800 bits per heavy atom. The van der Waals surface area contributed by atoms with Crippen LogP contribution in [0, 0.1) is 0 Å². The lowest BCUT2D eigenvalue weighted by atomic mass is 10.1. The second-order valence-corrected chi connectivity index (χ2v) is 4.53. The van der Waals surface area contributed by atoms with E-state index in [-0.39, 0.29) is 0 Å². The van der Waals surface area contributed by atoms with Gasteiger partial charge < -0.3 is 0 Å². The highest BCUT2D eigenvalue weighted by atomic mass is 13.9. The van der Waals surface area contributed by atoms with Gasteiger partial charge in [-0.3, -0.25) is 0 Å². The molecule has 88 valence electrons. The predicted octanol–water partition coefficient (Wildman–Crippen LogP) is 5.65.